The lowest BCUT2D eigenvalue weighted by Crippen LogP contribution is -2.51. The lowest BCUT2D eigenvalue weighted by Gasteiger charge is -2.36. The van der Waals surface area contributed by atoms with Crippen LogP contribution in [0.4, 0.5) is 0 Å². The zero-order valence-corrected chi connectivity index (χ0v) is 11.7. The van der Waals surface area contributed by atoms with E-state index in [4.69, 9.17) is 0 Å². The number of nitrogens with zero attached hydrogens (tertiary/aromatic N) is 5. The molecule has 2 heterocycles. The van der Waals surface area contributed by atoms with Crippen molar-refractivity contribution in [3.05, 3.63) is 24.0 Å². The van der Waals surface area contributed by atoms with Gasteiger partial charge >= 0.3 is 0 Å². The summed E-state index contributed by atoms with van der Waals surface area (Å²) in [5, 5.41) is 16.6. The summed E-state index contributed by atoms with van der Waals surface area (Å²) in [6.07, 6.45) is 4.90. The number of carbonyl (C=O) groups excluding carboxylic acids is 1. The second-order valence-electron chi connectivity index (χ2n) is 4.89. The Kier molecular flexibility index (Phi) is 5.02. The SMILES string of the molecule is CCCC(C#N)N1CCN(C(=O)c2ccnnc2)CC1. The maximum absolute atomic E-state index is 12.2. The molecule has 20 heavy (non-hydrogen) atoms. The van der Waals surface area contributed by atoms with Crippen molar-refractivity contribution in [1.29, 1.82) is 5.26 Å². The summed E-state index contributed by atoms with van der Waals surface area (Å²) in [5.41, 5.74) is 0.568. The van der Waals surface area contributed by atoms with Gasteiger partial charge in [0.05, 0.1) is 30.1 Å². The van der Waals surface area contributed by atoms with Crippen molar-refractivity contribution < 1.29 is 4.79 Å². The lowest BCUT2D eigenvalue weighted by molar-refractivity contribution is 0.0600. The average Bonchev–Trinajstić information content (AvgIpc) is 2.53. The first kappa shape index (κ1) is 14.4. The van der Waals surface area contributed by atoms with Crippen LogP contribution < -0.4 is 0 Å². The molecule has 2 rings (SSSR count). The molecule has 1 aromatic heterocycles. The average molecular weight is 273 g/mol. The van der Waals surface area contributed by atoms with E-state index in [1.165, 1.54) is 12.4 Å². The molecule has 1 saturated heterocycles. The summed E-state index contributed by atoms with van der Waals surface area (Å²) in [6, 6.07) is 4.00. The van der Waals surface area contributed by atoms with Crippen molar-refractivity contribution >= 4 is 5.91 Å². The Morgan fingerprint density at radius 1 is 1.40 bits per heavy atom. The van der Waals surface area contributed by atoms with E-state index < -0.39 is 0 Å². The van der Waals surface area contributed by atoms with Gasteiger partial charge in [-0.3, -0.25) is 9.69 Å². The molecule has 0 aromatic carbocycles. The van der Waals surface area contributed by atoms with Crippen LogP contribution in [0.25, 0.3) is 0 Å². The molecular weight excluding hydrogens is 254 g/mol. The number of hydrogen-bond donors (Lipinski definition) is 0. The molecule has 0 aliphatic carbocycles. The van der Waals surface area contributed by atoms with Crippen molar-refractivity contribution in [1.82, 2.24) is 20.0 Å². The molecule has 6 nitrogen and oxygen atoms in total. The number of piperazine rings is 1. The van der Waals surface area contributed by atoms with Crippen LogP contribution >= 0.6 is 0 Å². The van der Waals surface area contributed by atoms with Crippen LogP contribution in [0.1, 0.15) is 30.1 Å². The molecule has 1 aromatic rings. The van der Waals surface area contributed by atoms with Gasteiger partial charge in [-0.15, -0.1) is 0 Å². The normalized spacial score (nSPS) is 17.5. The molecular formula is C14H19N5O. The zero-order valence-electron chi connectivity index (χ0n) is 11.7. The minimum Gasteiger partial charge on any atom is -0.336 e. The molecule has 6 heteroatoms. The quantitative estimate of drug-likeness (QED) is 0.816. The summed E-state index contributed by atoms with van der Waals surface area (Å²) in [5.74, 6) is -0.0106. The Morgan fingerprint density at radius 2 is 2.15 bits per heavy atom. The van der Waals surface area contributed by atoms with Gasteiger partial charge in [0.25, 0.3) is 5.91 Å². The van der Waals surface area contributed by atoms with E-state index in [9.17, 15) is 10.1 Å². The fourth-order valence-corrected chi connectivity index (χ4v) is 2.44. The molecule has 0 spiro atoms. The molecule has 0 radical (unpaired) electrons. The number of amides is 1. The first-order valence-electron chi connectivity index (χ1n) is 6.96. The number of carbonyl (C=O) groups is 1. The van der Waals surface area contributed by atoms with Gasteiger partial charge in [-0.05, 0) is 12.5 Å². The Hall–Kier alpha value is -2.00. The third kappa shape index (κ3) is 3.31. The van der Waals surface area contributed by atoms with Gasteiger partial charge in [-0.2, -0.15) is 15.5 Å². The molecule has 1 atom stereocenters. The highest BCUT2D eigenvalue weighted by Gasteiger charge is 2.26. The highest BCUT2D eigenvalue weighted by molar-refractivity contribution is 5.93. The largest absolute Gasteiger partial charge is 0.336 e. The summed E-state index contributed by atoms with van der Waals surface area (Å²) in [6.45, 7) is 4.90. The number of nitriles is 1. The molecule has 0 bridgehead atoms. The van der Waals surface area contributed by atoms with Gasteiger partial charge in [0.2, 0.25) is 0 Å². The van der Waals surface area contributed by atoms with Crippen molar-refractivity contribution in [3.63, 3.8) is 0 Å². The van der Waals surface area contributed by atoms with Gasteiger partial charge < -0.3 is 4.90 Å². The topological polar surface area (TPSA) is 73.1 Å². The highest BCUT2D eigenvalue weighted by Crippen LogP contribution is 2.12. The van der Waals surface area contributed by atoms with Crippen LogP contribution in [-0.4, -0.2) is 58.1 Å². The summed E-state index contributed by atoms with van der Waals surface area (Å²) in [4.78, 5) is 16.2. The molecule has 1 amide bonds. The van der Waals surface area contributed by atoms with E-state index in [0.29, 0.717) is 18.7 Å². The summed E-state index contributed by atoms with van der Waals surface area (Å²) >= 11 is 0. The second-order valence-corrected chi connectivity index (χ2v) is 4.89. The smallest absolute Gasteiger partial charge is 0.255 e. The van der Waals surface area contributed by atoms with E-state index in [-0.39, 0.29) is 11.9 Å². The minimum absolute atomic E-state index is 0.0106. The fourth-order valence-electron chi connectivity index (χ4n) is 2.44. The number of rotatable bonds is 4. The zero-order chi connectivity index (χ0) is 14.4. The Bertz CT molecular complexity index is 476. The first-order valence-corrected chi connectivity index (χ1v) is 6.96. The van der Waals surface area contributed by atoms with E-state index in [1.807, 2.05) is 4.90 Å². The predicted octanol–water partition coefficient (Wildman–Crippen LogP) is 0.927. The highest BCUT2D eigenvalue weighted by atomic mass is 16.2. The summed E-state index contributed by atoms with van der Waals surface area (Å²) < 4.78 is 0. The third-order valence-electron chi connectivity index (χ3n) is 3.58. The van der Waals surface area contributed by atoms with E-state index >= 15 is 0 Å². The van der Waals surface area contributed by atoms with Crippen LogP contribution in [0.2, 0.25) is 0 Å². The fraction of sp³-hybridized carbons (Fsp3) is 0.571. The summed E-state index contributed by atoms with van der Waals surface area (Å²) in [7, 11) is 0. The molecule has 1 aliphatic rings. The van der Waals surface area contributed by atoms with Gasteiger partial charge in [-0.1, -0.05) is 13.3 Å². The van der Waals surface area contributed by atoms with E-state index in [0.717, 1.165) is 25.9 Å². The van der Waals surface area contributed by atoms with Crippen LogP contribution in [0.3, 0.4) is 0 Å². The molecule has 106 valence electrons. The van der Waals surface area contributed by atoms with Crippen molar-refractivity contribution in [2.75, 3.05) is 26.2 Å². The number of hydrogen-bond acceptors (Lipinski definition) is 5. The van der Waals surface area contributed by atoms with Crippen molar-refractivity contribution in [2.45, 2.75) is 25.8 Å². The molecule has 1 fully saturated rings. The van der Waals surface area contributed by atoms with Crippen LogP contribution in [0.5, 0.6) is 0 Å². The maximum atomic E-state index is 12.2. The predicted molar refractivity (Wildman–Crippen MR) is 73.8 cm³/mol. The number of aromatic nitrogens is 2. The van der Waals surface area contributed by atoms with Gasteiger partial charge in [0.15, 0.2) is 0 Å². The minimum atomic E-state index is -0.0279. The standard InChI is InChI=1S/C14H19N5O/c1-2-3-13(10-15)18-6-8-19(9-7-18)14(20)12-4-5-16-17-11-12/h4-5,11,13H,2-3,6-9H2,1H3. The van der Waals surface area contributed by atoms with Gasteiger partial charge in [-0.25, -0.2) is 0 Å². The Balaban J connectivity index is 1.91. The molecule has 0 N–H and O–H groups in total. The maximum Gasteiger partial charge on any atom is 0.255 e. The van der Waals surface area contributed by atoms with Crippen LogP contribution in [0.15, 0.2) is 18.5 Å². The monoisotopic (exact) mass is 273 g/mol. The molecule has 1 unspecified atom stereocenters. The second kappa shape index (κ2) is 6.96. The van der Waals surface area contributed by atoms with Gasteiger partial charge in [0.1, 0.15) is 0 Å². The Labute approximate surface area is 119 Å². The van der Waals surface area contributed by atoms with Crippen LogP contribution in [-0.2, 0) is 0 Å². The molecule has 0 saturated carbocycles. The van der Waals surface area contributed by atoms with Gasteiger partial charge in [0, 0.05) is 26.2 Å². The lowest BCUT2D eigenvalue weighted by atomic mass is 10.1. The Morgan fingerprint density at radius 3 is 2.70 bits per heavy atom. The van der Waals surface area contributed by atoms with Crippen molar-refractivity contribution in [3.8, 4) is 6.07 Å². The van der Waals surface area contributed by atoms with Crippen molar-refractivity contribution in [2.24, 2.45) is 0 Å². The molecule has 1 aliphatic heterocycles. The third-order valence-corrected chi connectivity index (χ3v) is 3.58. The first-order chi connectivity index (χ1) is 9.76. The van der Waals surface area contributed by atoms with E-state index in [2.05, 4.69) is 28.1 Å². The van der Waals surface area contributed by atoms with E-state index in [1.54, 1.807) is 6.07 Å². The van der Waals surface area contributed by atoms with Crippen LogP contribution in [0, 0.1) is 11.3 Å².